The van der Waals surface area contributed by atoms with Gasteiger partial charge >= 0.3 is 0 Å². The van der Waals surface area contributed by atoms with Crippen molar-refractivity contribution in [2.45, 2.75) is 0 Å². The van der Waals surface area contributed by atoms with Crippen LogP contribution < -0.4 is 10.6 Å². The SMILES string of the molecule is c1ccc(Nc2ccccc2-c2ccccc2Nc2ccccc2)cc1. The number of hydrogen-bond acceptors (Lipinski definition) is 2. The van der Waals surface area contributed by atoms with Crippen LogP contribution in [0.25, 0.3) is 11.1 Å². The van der Waals surface area contributed by atoms with Gasteiger partial charge in [-0.15, -0.1) is 0 Å². The topological polar surface area (TPSA) is 24.1 Å². The Kier molecular flexibility index (Phi) is 4.66. The van der Waals surface area contributed by atoms with Gasteiger partial charge in [0, 0.05) is 33.9 Å². The zero-order valence-corrected chi connectivity index (χ0v) is 14.4. The van der Waals surface area contributed by atoms with E-state index in [4.69, 9.17) is 0 Å². The van der Waals surface area contributed by atoms with Crippen LogP contribution in [-0.2, 0) is 0 Å². The average molecular weight is 336 g/mol. The third-order valence-corrected chi connectivity index (χ3v) is 4.25. The van der Waals surface area contributed by atoms with Crippen LogP contribution >= 0.6 is 0 Å². The average Bonchev–Trinajstić information content (AvgIpc) is 2.71. The zero-order valence-electron chi connectivity index (χ0n) is 14.4. The van der Waals surface area contributed by atoms with Gasteiger partial charge in [0.15, 0.2) is 0 Å². The molecule has 0 saturated heterocycles. The van der Waals surface area contributed by atoms with Crippen molar-refractivity contribution in [3.05, 3.63) is 109 Å². The predicted octanol–water partition coefficient (Wildman–Crippen LogP) is 6.84. The maximum atomic E-state index is 3.53. The van der Waals surface area contributed by atoms with Crippen molar-refractivity contribution in [3.8, 4) is 11.1 Å². The lowest BCUT2D eigenvalue weighted by Crippen LogP contribution is -1.96. The normalized spacial score (nSPS) is 10.3. The molecule has 126 valence electrons. The molecule has 0 saturated carbocycles. The summed E-state index contributed by atoms with van der Waals surface area (Å²) in [6.07, 6.45) is 0. The maximum absolute atomic E-state index is 3.53. The molecular weight excluding hydrogens is 316 g/mol. The number of para-hydroxylation sites is 4. The minimum Gasteiger partial charge on any atom is -0.355 e. The van der Waals surface area contributed by atoms with E-state index in [9.17, 15) is 0 Å². The van der Waals surface area contributed by atoms with E-state index in [0.29, 0.717) is 0 Å². The molecule has 2 heteroatoms. The first-order chi connectivity index (χ1) is 12.9. The quantitative estimate of drug-likeness (QED) is 0.417. The van der Waals surface area contributed by atoms with Crippen molar-refractivity contribution in [1.29, 1.82) is 0 Å². The molecule has 0 aliphatic heterocycles. The number of benzene rings is 4. The number of rotatable bonds is 5. The van der Waals surface area contributed by atoms with Gasteiger partial charge in [-0.3, -0.25) is 0 Å². The Morgan fingerprint density at radius 2 is 0.692 bits per heavy atom. The Labute approximate surface area is 154 Å². The van der Waals surface area contributed by atoms with Crippen molar-refractivity contribution in [2.24, 2.45) is 0 Å². The Morgan fingerprint density at radius 3 is 1.12 bits per heavy atom. The number of anilines is 4. The minimum absolute atomic E-state index is 1.08. The summed E-state index contributed by atoms with van der Waals surface area (Å²) >= 11 is 0. The van der Waals surface area contributed by atoms with Crippen LogP contribution in [-0.4, -0.2) is 0 Å². The van der Waals surface area contributed by atoms with Gasteiger partial charge in [0.2, 0.25) is 0 Å². The lowest BCUT2D eigenvalue weighted by molar-refractivity contribution is 1.51. The fourth-order valence-electron chi connectivity index (χ4n) is 3.01. The molecule has 0 atom stereocenters. The van der Waals surface area contributed by atoms with Gasteiger partial charge in [-0.1, -0.05) is 72.8 Å². The monoisotopic (exact) mass is 336 g/mol. The van der Waals surface area contributed by atoms with Gasteiger partial charge < -0.3 is 10.6 Å². The third kappa shape index (κ3) is 3.60. The summed E-state index contributed by atoms with van der Waals surface area (Å²) < 4.78 is 0. The van der Waals surface area contributed by atoms with Gasteiger partial charge in [0.1, 0.15) is 0 Å². The second-order valence-corrected chi connectivity index (χ2v) is 6.07. The lowest BCUT2D eigenvalue weighted by Gasteiger charge is -2.16. The zero-order chi connectivity index (χ0) is 17.6. The van der Waals surface area contributed by atoms with Gasteiger partial charge in [-0.05, 0) is 36.4 Å². The molecule has 0 aliphatic rings. The maximum Gasteiger partial charge on any atom is 0.0464 e. The highest BCUT2D eigenvalue weighted by Gasteiger charge is 2.09. The van der Waals surface area contributed by atoms with E-state index in [0.717, 1.165) is 33.9 Å². The Bertz CT molecular complexity index is 896. The highest BCUT2D eigenvalue weighted by Crippen LogP contribution is 2.36. The number of nitrogens with one attached hydrogen (secondary N) is 2. The molecule has 0 fully saturated rings. The molecule has 0 bridgehead atoms. The summed E-state index contributed by atoms with van der Waals surface area (Å²) in [5.74, 6) is 0. The third-order valence-electron chi connectivity index (χ3n) is 4.25. The smallest absolute Gasteiger partial charge is 0.0464 e. The van der Waals surface area contributed by atoms with Crippen molar-refractivity contribution in [2.75, 3.05) is 10.6 Å². The van der Waals surface area contributed by atoms with Crippen molar-refractivity contribution in [1.82, 2.24) is 0 Å². The summed E-state index contributed by atoms with van der Waals surface area (Å²) in [5, 5.41) is 7.07. The molecular formula is C24H20N2. The van der Waals surface area contributed by atoms with Gasteiger partial charge in [0.05, 0.1) is 0 Å². The molecule has 0 amide bonds. The summed E-state index contributed by atoms with van der Waals surface area (Å²) in [5.41, 5.74) is 6.65. The summed E-state index contributed by atoms with van der Waals surface area (Å²) in [6.45, 7) is 0. The van der Waals surface area contributed by atoms with E-state index in [2.05, 4.69) is 83.4 Å². The minimum atomic E-state index is 1.08. The van der Waals surface area contributed by atoms with Crippen LogP contribution in [0.5, 0.6) is 0 Å². The van der Waals surface area contributed by atoms with E-state index in [1.807, 2.05) is 36.4 Å². The second-order valence-electron chi connectivity index (χ2n) is 6.07. The van der Waals surface area contributed by atoms with Gasteiger partial charge in [0.25, 0.3) is 0 Å². The first-order valence-electron chi connectivity index (χ1n) is 8.73. The molecule has 0 heterocycles. The molecule has 0 unspecified atom stereocenters. The van der Waals surface area contributed by atoms with E-state index in [-0.39, 0.29) is 0 Å². The van der Waals surface area contributed by atoms with Crippen molar-refractivity contribution >= 4 is 22.7 Å². The largest absolute Gasteiger partial charge is 0.355 e. The van der Waals surface area contributed by atoms with Crippen molar-refractivity contribution in [3.63, 3.8) is 0 Å². The summed E-state index contributed by atoms with van der Waals surface area (Å²) in [6, 6.07) is 37.3. The highest BCUT2D eigenvalue weighted by molar-refractivity contribution is 5.89. The first-order valence-corrected chi connectivity index (χ1v) is 8.73. The van der Waals surface area contributed by atoms with Crippen LogP contribution in [0.2, 0.25) is 0 Å². The molecule has 0 radical (unpaired) electrons. The van der Waals surface area contributed by atoms with Crippen LogP contribution in [0.4, 0.5) is 22.7 Å². The molecule has 26 heavy (non-hydrogen) atoms. The molecule has 0 spiro atoms. The molecule has 2 nitrogen and oxygen atoms in total. The van der Waals surface area contributed by atoms with E-state index < -0.39 is 0 Å². The lowest BCUT2D eigenvalue weighted by atomic mass is 10.0. The van der Waals surface area contributed by atoms with Crippen LogP contribution in [0.3, 0.4) is 0 Å². The predicted molar refractivity (Wildman–Crippen MR) is 111 cm³/mol. The highest BCUT2D eigenvalue weighted by atomic mass is 14.9. The number of hydrogen-bond donors (Lipinski definition) is 2. The first kappa shape index (κ1) is 16.0. The fraction of sp³-hybridized carbons (Fsp3) is 0. The van der Waals surface area contributed by atoms with E-state index >= 15 is 0 Å². The molecule has 2 N–H and O–H groups in total. The van der Waals surface area contributed by atoms with Gasteiger partial charge in [-0.2, -0.15) is 0 Å². The molecule has 0 aliphatic carbocycles. The Hall–Kier alpha value is -3.52. The van der Waals surface area contributed by atoms with Crippen LogP contribution in [0.1, 0.15) is 0 Å². The van der Waals surface area contributed by atoms with Crippen molar-refractivity contribution < 1.29 is 0 Å². The standard InChI is InChI=1S/C24H20N2/c1-3-11-19(12-4-1)25-23-17-9-7-15-21(23)22-16-8-10-18-24(22)26-20-13-5-2-6-14-20/h1-18,25-26H. The Balaban J connectivity index is 1.72. The second kappa shape index (κ2) is 7.58. The Morgan fingerprint density at radius 1 is 0.346 bits per heavy atom. The van der Waals surface area contributed by atoms with E-state index in [1.165, 1.54) is 0 Å². The molecule has 4 aromatic rings. The molecule has 4 aromatic carbocycles. The van der Waals surface area contributed by atoms with Gasteiger partial charge in [-0.25, -0.2) is 0 Å². The van der Waals surface area contributed by atoms with Crippen LogP contribution in [0.15, 0.2) is 109 Å². The molecule has 0 aromatic heterocycles. The molecule has 4 rings (SSSR count). The fourth-order valence-corrected chi connectivity index (χ4v) is 3.01. The summed E-state index contributed by atoms with van der Waals surface area (Å²) in [7, 11) is 0. The van der Waals surface area contributed by atoms with Crippen LogP contribution in [0, 0.1) is 0 Å². The van der Waals surface area contributed by atoms with E-state index in [1.54, 1.807) is 0 Å². The summed E-state index contributed by atoms with van der Waals surface area (Å²) in [4.78, 5) is 0.